The summed E-state index contributed by atoms with van der Waals surface area (Å²) < 4.78 is 4.64. The lowest BCUT2D eigenvalue weighted by Crippen LogP contribution is -2.09. The van der Waals surface area contributed by atoms with E-state index in [9.17, 15) is 4.79 Å². The summed E-state index contributed by atoms with van der Waals surface area (Å²) in [5.41, 5.74) is 0. The fourth-order valence-corrected chi connectivity index (χ4v) is 0.687. The van der Waals surface area contributed by atoms with Crippen molar-refractivity contribution in [2.24, 2.45) is 0 Å². The fraction of sp³-hybridized carbons (Fsp3) is 0.900. The van der Waals surface area contributed by atoms with Crippen molar-refractivity contribution >= 4 is 5.97 Å². The van der Waals surface area contributed by atoms with Crippen LogP contribution in [-0.4, -0.2) is 25.7 Å². The molecule has 0 aromatic carbocycles. The van der Waals surface area contributed by atoms with Crippen molar-refractivity contribution in [1.29, 1.82) is 0 Å². The van der Waals surface area contributed by atoms with Gasteiger partial charge in [-0.2, -0.15) is 0 Å². The molecule has 0 unspecified atom stereocenters. The quantitative estimate of drug-likeness (QED) is 0.672. The number of hydrogen-bond acceptors (Lipinski definition) is 3. The molecule has 0 atom stereocenters. The fourth-order valence-electron chi connectivity index (χ4n) is 0.687. The zero-order valence-corrected chi connectivity index (χ0v) is 9.35. The molecule has 0 rings (SSSR count). The van der Waals surface area contributed by atoms with E-state index in [2.05, 4.69) is 23.9 Å². The lowest BCUT2D eigenvalue weighted by atomic mass is 10.3. The van der Waals surface area contributed by atoms with Gasteiger partial charge in [-0.25, -0.2) is 0 Å². The Balaban J connectivity index is 0. The standard InChI is InChI=1S/C6H12O2.C4H11N/c1-3-5-6(7)8-4-2;1-3-5-4-2/h3-5H2,1-2H3;5H,3-4H2,1-2H3. The molecule has 0 aliphatic heterocycles. The van der Waals surface area contributed by atoms with Crippen molar-refractivity contribution in [3.63, 3.8) is 0 Å². The van der Waals surface area contributed by atoms with Gasteiger partial charge in [0.2, 0.25) is 0 Å². The van der Waals surface area contributed by atoms with Gasteiger partial charge < -0.3 is 10.1 Å². The number of nitrogens with one attached hydrogen (secondary N) is 1. The Kier molecular flexibility index (Phi) is 16.1. The third kappa shape index (κ3) is 18.4. The zero-order valence-electron chi connectivity index (χ0n) is 9.35. The molecule has 0 aliphatic rings. The van der Waals surface area contributed by atoms with E-state index in [1.807, 2.05) is 13.8 Å². The van der Waals surface area contributed by atoms with Gasteiger partial charge in [0, 0.05) is 6.42 Å². The highest BCUT2D eigenvalue weighted by atomic mass is 16.5. The second kappa shape index (κ2) is 14.0. The SMILES string of the molecule is CCCC(=O)OCC.CCNCC. The summed E-state index contributed by atoms with van der Waals surface area (Å²) in [7, 11) is 0. The van der Waals surface area contributed by atoms with E-state index in [1.165, 1.54) is 0 Å². The van der Waals surface area contributed by atoms with Gasteiger partial charge in [-0.1, -0.05) is 20.8 Å². The minimum absolute atomic E-state index is 0.0880. The molecule has 0 aromatic rings. The molecule has 0 amide bonds. The van der Waals surface area contributed by atoms with Gasteiger partial charge in [0.05, 0.1) is 6.61 Å². The Morgan fingerprint density at radius 3 is 1.92 bits per heavy atom. The minimum Gasteiger partial charge on any atom is -0.466 e. The normalized spacial score (nSPS) is 8.62. The van der Waals surface area contributed by atoms with Gasteiger partial charge in [0.15, 0.2) is 0 Å². The zero-order chi connectivity index (χ0) is 10.5. The van der Waals surface area contributed by atoms with Crippen molar-refractivity contribution in [3.05, 3.63) is 0 Å². The number of rotatable bonds is 5. The average Bonchev–Trinajstić information content (AvgIpc) is 2.08. The molecule has 3 nitrogen and oxygen atoms in total. The molecule has 0 spiro atoms. The van der Waals surface area contributed by atoms with Crippen LogP contribution in [0.3, 0.4) is 0 Å². The maximum Gasteiger partial charge on any atom is 0.305 e. The van der Waals surface area contributed by atoms with Crippen molar-refractivity contribution in [1.82, 2.24) is 5.32 Å². The third-order valence-corrected chi connectivity index (χ3v) is 1.26. The van der Waals surface area contributed by atoms with Crippen molar-refractivity contribution in [3.8, 4) is 0 Å². The molecule has 0 fully saturated rings. The van der Waals surface area contributed by atoms with Crippen LogP contribution >= 0.6 is 0 Å². The predicted molar refractivity (Wildman–Crippen MR) is 55.8 cm³/mol. The molecule has 3 heteroatoms. The van der Waals surface area contributed by atoms with Crippen LogP contribution in [0.2, 0.25) is 0 Å². The molecule has 0 radical (unpaired) electrons. The summed E-state index contributed by atoms with van der Waals surface area (Å²) in [4.78, 5) is 10.4. The number of carbonyl (C=O) groups is 1. The van der Waals surface area contributed by atoms with E-state index >= 15 is 0 Å². The molecule has 0 aliphatic carbocycles. The Bertz CT molecular complexity index is 95.1. The topological polar surface area (TPSA) is 38.3 Å². The number of hydrogen-bond donors (Lipinski definition) is 1. The summed E-state index contributed by atoms with van der Waals surface area (Å²) >= 11 is 0. The molecule has 0 saturated carbocycles. The predicted octanol–water partition coefficient (Wildman–Crippen LogP) is 1.97. The van der Waals surface area contributed by atoms with E-state index in [1.54, 1.807) is 0 Å². The Morgan fingerprint density at radius 2 is 1.69 bits per heavy atom. The first-order valence-electron chi connectivity index (χ1n) is 5.09. The summed E-state index contributed by atoms with van der Waals surface area (Å²) in [5.74, 6) is -0.0880. The third-order valence-electron chi connectivity index (χ3n) is 1.26. The summed E-state index contributed by atoms with van der Waals surface area (Å²) in [6.45, 7) is 10.7. The molecule has 0 bridgehead atoms. The molecule has 0 heterocycles. The number of esters is 1. The van der Waals surface area contributed by atoms with E-state index in [-0.39, 0.29) is 5.97 Å². The van der Waals surface area contributed by atoms with E-state index in [4.69, 9.17) is 0 Å². The summed E-state index contributed by atoms with van der Waals surface area (Å²) in [6.07, 6.45) is 1.42. The highest BCUT2D eigenvalue weighted by Gasteiger charge is 1.95. The van der Waals surface area contributed by atoms with Gasteiger partial charge in [-0.15, -0.1) is 0 Å². The summed E-state index contributed by atoms with van der Waals surface area (Å²) in [5, 5.41) is 3.11. The van der Waals surface area contributed by atoms with Crippen LogP contribution in [0.15, 0.2) is 0 Å². The van der Waals surface area contributed by atoms with E-state index in [0.29, 0.717) is 13.0 Å². The van der Waals surface area contributed by atoms with Crippen molar-refractivity contribution in [2.75, 3.05) is 19.7 Å². The lowest BCUT2D eigenvalue weighted by molar-refractivity contribution is -0.143. The van der Waals surface area contributed by atoms with Crippen LogP contribution < -0.4 is 5.32 Å². The van der Waals surface area contributed by atoms with Crippen molar-refractivity contribution in [2.45, 2.75) is 40.5 Å². The Labute approximate surface area is 81.9 Å². The van der Waals surface area contributed by atoms with Gasteiger partial charge in [0.1, 0.15) is 0 Å². The molecule has 0 saturated heterocycles. The lowest BCUT2D eigenvalue weighted by Gasteiger charge is -1.96. The number of ether oxygens (including phenoxy) is 1. The van der Waals surface area contributed by atoms with E-state index in [0.717, 1.165) is 19.5 Å². The van der Waals surface area contributed by atoms with Crippen LogP contribution in [-0.2, 0) is 9.53 Å². The highest BCUT2D eigenvalue weighted by molar-refractivity contribution is 5.69. The second-order valence-electron chi connectivity index (χ2n) is 2.51. The Hall–Kier alpha value is -0.570. The maximum absolute atomic E-state index is 10.4. The van der Waals surface area contributed by atoms with Crippen LogP contribution in [0, 0.1) is 0 Å². The van der Waals surface area contributed by atoms with Crippen LogP contribution in [0.1, 0.15) is 40.5 Å². The second-order valence-corrected chi connectivity index (χ2v) is 2.51. The molecule has 0 aromatic heterocycles. The van der Waals surface area contributed by atoms with Crippen LogP contribution in [0.5, 0.6) is 0 Å². The van der Waals surface area contributed by atoms with Crippen LogP contribution in [0.25, 0.3) is 0 Å². The van der Waals surface area contributed by atoms with E-state index < -0.39 is 0 Å². The van der Waals surface area contributed by atoms with Crippen LogP contribution in [0.4, 0.5) is 0 Å². The number of carbonyl (C=O) groups excluding carboxylic acids is 1. The molecular weight excluding hydrogens is 166 g/mol. The summed E-state index contributed by atoms with van der Waals surface area (Å²) in [6, 6.07) is 0. The maximum atomic E-state index is 10.4. The smallest absolute Gasteiger partial charge is 0.305 e. The first-order valence-corrected chi connectivity index (χ1v) is 5.09. The van der Waals surface area contributed by atoms with Gasteiger partial charge >= 0.3 is 5.97 Å². The average molecular weight is 189 g/mol. The van der Waals surface area contributed by atoms with Gasteiger partial charge in [-0.05, 0) is 26.4 Å². The first kappa shape index (κ1) is 14.9. The first-order chi connectivity index (χ1) is 6.22. The van der Waals surface area contributed by atoms with Gasteiger partial charge in [-0.3, -0.25) is 4.79 Å². The van der Waals surface area contributed by atoms with Crippen molar-refractivity contribution < 1.29 is 9.53 Å². The molecule has 13 heavy (non-hydrogen) atoms. The monoisotopic (exact) mass is 189 g/mol. The molecule has 80 valence electrons. The van der Waals surface area contributed by atoms with Gasteiger partial charge in [0.25, 0.3) is 0 Å². The molecule has 1 N–H and O–H groups in total. The largest absolute Gasteiger partial charge is 0.466 e. The minimum atomic E-state index is -0.0880. The highest BCUT2D eigenvalue weighted by Crippen LogP contribution is 1.89. The molecular formula is C10H23NO2. The Morgan fingerprint density at radius 1 is 1.15 bits per heavy atom.